The van der Waals surface area contributed by atoms with E-state index in [0.717, 1.165) is 6.42 Å². The number of hydrogen-bond donors (Lipinski definition) is 0. The van der Waals surface area contributed by atoms with Gasteiger partial charge in [-0.2, -0.15) is 0 Å². The van der Waals surface area contributed by atoms with Crippen LogP contribution in [0.4, 0.5) is 0 Å². The summed E-state index contributed by atoms with van der Waals surface area (Å²) in [4.78, 5) is 3.95. The van der Waals surface area contributed by atoms with E-state index in [9.17, 15) is 0 Å². The van der Waals surface area contributed by atoms with E-state index in [1.54, 1.807) is 6.20 Å². The summed E-state index contributed by atoms with van der Waals surface area (Å²) in [5, 5.41) is 0.554. The van der Waals surface area contributed by atoms with Gasteiger partial charge in [0.15, 0.2) is 0 Å². The maximum absolute atomic E-state index is 5.80. The Labute approximate surface area is 102 Å². The lowest BCUT2D eigenvalue weighted by Gasteiger charge is -2.01. The van der Waals surface area contributed by atoms with Crippen molar-refractivity contribution in [2.75, 3.05) is 0 Å². The Bertz CT molecular complexity index is 412. The summed E-state index contributed by atoms with van der Waals surface area (Å²) in [6.45, 7) is 4.00. The summed E-state index contributed by atoms with van der Waals surface area (Å²) in [6, 6.07) is 14.2. The molecule has 0 atom stereocenters. The first-order valence-corrected chi connectivity index (χ1v) is 5.87. The van der Waals surface area contributed by atoms with Crippen LogP contribution >= 0.6 is 11.6 Å². The fourth-order valence-corrected chi connectivity index (χ4v) is 1.58. The van der Waals surface area contributed by atoms with Crippen LogP contribution in [-0.2, 0) is 6.42 Å². The third-order valence-electron chi connectivity index (χ3n) is 2.04. The third-order valence-corrected chi connectivity index (χ3v) is 2.25. The number of aromatic nitrogens is 1. The van der Waals surface area contributed by atoms with Crippen LogP contribution in [0, 0.1) is 0 Å². The molecule has 0 radical (unpaired) electrons. The highest BCUT2D eigenvalue weighted by Crippen LogP contribution is 2.11. The molecule has 0 aliphatic carbocycles. The molecule has 0 N–H and O–H groups in total. The van der Waals surface area contributed by atoms with Crippen LogP contribution in [0.2, 0.25) is 5.15 Å². The Hall–Kier alpha value is -1.34. The molecule has 1 heterocycles. The Morgan fingerprint density at radius 3 is 2.31 bits per heavy atom. The molecular formula is C14H16ClN. The molecule has 0 bridgehead atoms. The van der Waals surface area contributed by atoms with Crippen molar-refractivity contribution in [3.63, 3.8) is 0 Å². The molecule has 1 aromatic heterocycles. The second-order valence-corrected chi connectivity index (χ2v) is 3.54. The maximum atomic E-state index is 5.80. The average molecular weight is 234 g/mol. The summed E-state index contributed by atoms with van der Waals surface area (Å²) in [7, 11) is 0. The molecule has 1 aromatic carbocycles. The van der Waals surface area contributed by atoms with Gasteiger partial charge in [0.2, 0.25) is 0 Å². The second kappa shape index (κ2) is 7.02. The molecule has 0 saturated heterocycles. The van der Waals surface area contributed by atoms with Crippen molar-refractivity contribution in [1.29, 1.82) is 0 Å². The predicted octanol–water partition coefficient (Wildman–Crippen LogP) is 4.35. The first-order valence-electron chi connectivity index (χ1n) is 5.49. The normalized spacial score (nSPS) is 9.19. The maximum Gasteiger partial charge on any atom is 0.129 e. The van der Waals surface area contributed by atoms with Gasteiger partial charge in [-0.05, 0) is 29.7 Å². The van der Waals surface area contributed by atoms with E-state index in [1.165, 1.54) is 11.1 Å². The first-order chi connectivity index (χ1) is 7.84. The van der Waals surface area contributed by atoms with Gasteiger partial charge in [-0.15, -0.1) is 0 Å². The summed E-state index contributed by atoms with van der Waals surface area (Å²) in [5.74, 6) is 0. The number of halogens is 1. The molecule has 0 spiro atoms. The van der Waals surface area contributed by atoms with Crippen LogP contribution in [0.5, 0.6) is 0 Å². The molecule has 0 saturated carbocycles. The number of rotatable bonds is 2. The Kier molecular flexibility index (Phi) is 5.58. The molecule has 0 aliphatic rings. The van der Waals surface area contributed by atoms with Crippen molar-refractivity contribution in [2.24, 2.45) is 0 Å². The van der Waals surface area contributed by atoms with E-state index < -0.39 is 0 Å². The van der Waals surface area contributed by atoms with Gasteiger partial charge < -0.3 is 0 Å². The van der Waals surface area contributed by atoms with E-state index in [1.807, 2.05) is 44.2 Å². The predicted molar refractivity (Wildman–Crippen MR) is 69.8 cm³/mol. The number of hydrogen-bond acceptors (Lipinski definition) is 1. The molecule has 1 nitrogen and oxygen atoms in total. The van der Waals surface area contributed by atoms with Crippen molar-refractivity contribution in [3.8, 4) is 0 Å². The highest BCUT2D eigenvalue weighted by Gasteiger charge is 1.96. The van der Waals surface area contributed by atoms with Crippen LogP contribution in [0.25, 0.3) is 0 Å². The fourth-order valence-electron chi connectivity index (χ4n) is 1.38. The molecule has 2 heteroatoms. The molecule has 0 amide bonds. The Balaban J connectivity index is 0.000000606. The van der Waals surface area contributed by atoms with Crippen molar-refractivity contribution in [1.82, 2.24) is 4.98 Å². The van der Waals surface area contributed by atoms with Crippen LogP contribution in [0.15, 0.2) is 48.7 Å². The standard InChI is InChI=1S/C12H10ClN.C2H6/c13-12-9-11(6-7-14-12)8-10-4-2-1-3-5-10;1-2/h1-7,9H,8H2;1-2H3. The molecule has 0 unspecified atom stereocenters. The smallest absolute Gasteiger partial charge is 0.129 e. The van der Waals surface area contributed by atoms with Crippen LogP contribution < -0.4 is 0 Å². The topological polar surface area (TPSA) is 12.9 Å². The van der Waals surface area contributed by atoms with E-state index in [-0.39, 0.29) is 0 Å². The van der Waals surface area contributed by atoms with Crippen molar-refractivity contribution < 1.29 is 0 Å². The van der Waals surface area contributed by atoms with Crippen molar-refractivity contribution in [3.05, 3.63) is 64.9 Å². The van der Waals surface area contributed by atoms with Gasteiger partial charge in [0, 0.05) is 6.20 Å². The minimum atomic E-state index is 0.554. The second-order valence-electron chi connectivity index (χ2n) is 3.15. The van der Waals surface area contributed by atoms with Gasteiger partial charge in [-0.25, -0.2) is 4.98 Å². The molecule has 0 aliphatic heterocycles. The zero-order chi connectivity index (χ0) is 11.8. The minimum Gasteiger partial charge on any atom is -0.245 e. The van der Waals surface area contributed by atoms with E-state index in [0.29, 0.717) is 5.15 Å². The van der Waals surface area contributed by atoms with E-state index in [2.05, 4.69) is 17.1 Å². The molecular weight excluding hydrogens is 218 g/mol. The van der Waals surface area contributed by atoms with E-state index in [4.69, 9.17) is 11.6 Å². The Morgan fingerprint density at radius 2 is 1.69 bits per heavy atom. The van der Waals surface area contributed by atoms with Crippen LogP contribution in [0.3, 0.4) is 0 Å². The molecule has 16 heavy (non-hydrogen) atoms. The monoisotopic (exact) mass is 233 g/mol. The van der Waals surface area contributed by atoms with Gasteiger partial charge in [-0.1, -0.05) is 55.8 Å². The summed E-state index contributed by atoms with van der Waals surface area (Å²) in [6.07, 6.45) is 2.64. The molecule has 84 valence electrons. The minimum absolute atomic E-state index is 0.554. The lowest BCUT2D eigenvalue weighted by molar-refractivity contribution is 1.16. The van der Waals surface area contributed by atoms with Gasteiger partial charge >= 0.3 is 0 Å². The van der Waals surface area contributed by atoms with Gasteiger partial charge in [0.05, 0.1) is 0 Å². The quantitative estimate of drug-likeness (QED) is 0.703. The first kappa shape index (κ1) is 12.7. The summed E-state index contributed by atoms with van der Waals surface area (Å²) < 4.78 is 0. The highest BCUT2D eigenvalue weighted by molar-refractivity contribution is 6.29. The lowest BCUT2D eigenvalue weighted by atomic mass is 10.1. The van der Waals surface area contributed by atoms with Crippen molar-refractivity contribution >= 4 is 11.6 Å². The largest absolute Gasteiger partial charge is 0.245 e. The van der Waals surface area contributed by atoms with Crippen LogP contribution in [-0.4, -0.2) is 4.98 Å². The zero-order valence-corrected chi connectivity index (χ0v) is 10.4. The fraction of sp³-hybridized carbons (Fsp3) is 0.214. The lowest BCUT2D eigenvalue weighted by Crippen LogP contribution is -1.88. The number of nitrogens with zero attached hydrogens (tertiary/aromatic N) is 1. The van der Waals surface area contributed by atoms with Gasteiger partial charge in [-0.3, -0.25) is 0 Å². The Morgan fingerprint density at radius 1 is 1.00 bits per heavy atom. The number of benzene rings is 1. The molecule has 2 rings (SSSR count). The summed E-state index contributed by atoms with van der Waals surface area (Å²) in [5.41, 5.74) is 2.48. The number of pyridine rings is 1. The highest BCUT2D eigenvalue weighted by atomic mass is 35.5. The zero-order valence-electron chi connectivity index (χ0n) is 9.65. The molecule has 0 fully saturated rings. The third kappa shape index (κ3) is 4.03. The summed E-state index contributed by atoms with van der Waals surface area (Å²) >= 11 is 5.80. The molecule has 2 aromatic rings. The van der Waals surface area contributed by atoms with Gasteiger partial charge in [0.25, 0.3) is 0 Å². The SMILES string of the molecule is CC.Clc1cc(Cc2ccccc2)ccn1. The van der Waals surface area contributed by atoms with Gasteiger partial charge in [0.1, 0.15) is 5.15 Å². The van der Waals surface area contributed by atoms with Crippen LogP contribution in [0.1, 0.15) is 25.0 Å². The van der Waals surface area contributed by atoms with E-state index >= 15 is 0 Å². The average Bonchev–Trinajstić information content (AvgIpc) is 2.33. The van der Waals surface area contributed by atoms with Crippen molar-refractivity contribution in [2.45, 2.75) is 20.3 Å².